The lowest BCUT2D eigenvalue weighted by Crippen LogP contribution is -2.38. The van der Waals surface area contributed by atoms with E-state index in [1.165, 1.54) is 0 Å². The van der Waals surface area contributed by atoms with E-state index >= 15 is 0 Å². The van der Waals surface area contributed by atoms with Crippen LogP contribution in [0.25, 0.3) is 0 Å². The number of hydrogen-bond acceptors (Lipinski definition) is 6. The Morgan fingerprint density at radius 2 is 1.00 bits per heavy atom. The van der Waals surface area contributed by atoms with Crippen LogP contribution in [0.1, 0.15) is 84.5 Å². The molecule has 0 aliphatic heterocycles. The van der Waals surface area contributed by atoms with Crippen LogP contribution >= 0.6 is 0 Å². The maximum atomic E-state index is 11.8. The zero-order valence-corrected chi connectivity index (χ0v) is 22.1. The van der Waals surface area contributed by atoms with Crippen LogP contribution in [0.3, 0.4) is 0 Å². The van der Waals surface area contributed by atoms with Crippen molar-refractivity contribution in [2.24, 2.45) is 11.8 Å². The quantitative estimate of drug-likeness (QED) is 0.113. The first-order chi connectivity index (χ1) is 17.5. The normalized spacial score (nSPS) is 11.4. The molecule has 0 heterocycles. The predicted octanol–water partition coefficient (Wildman–Crippen LogP) is 1.18. The summed E-state index contributed by atoms with van der Waals surface area (Å²) in [6, 6.07) is 0. The van der Waals surface area contributed by atoms with E-state index in [4.69, 9.17) is 10.2 Å². The number of nitrogens with one attached hydrogen (secondary N) is 4. The molecule has 0 fully saturated rings. The summed E-state index contributed by atoms with van der Waals surface area (Å²) in [6.07, 6.45) is 7.37. The number of carbonyl (C=O) groups is 6. The number of amides is 4. The SMILES string of the molecule is CC(C)C(CC(=O)NCC(=O)NCCCCCCCCCCNC(=O)CNC(=O)CCC(=O)O)C(=O)O. The van der Waals surface area contributed by atoms with E-state index in [9.17, 15) is 28.8 Å². The van der Waals surface area contributed by atoms with E-state index in [1.807, 2.05) is 0 Å². The molecule has 0 rings (SSSR count). The van der Waals surface area contributed by atoms with Crippen LogP contribution in [0.2, 0.25) is 0 Å². The Bertz CT molecular complexity index is 742. The third kappa shape index (κ3) is 20.7. The summed E-state index contributed by atoms with van der Waals surface area (Å²) < 4.78 is 0. The van der Waals surface area contributed by atoms with Gasteiger partial charge in [0.2, 0.25) is 23.6 Å². The Balaban J connectivity index is 3.55. The summed E-state index contributed by atoms with van der Waals surface area (Å²) in [7, 11) is 0. The first-order valence-corrected chi connectivity index (χ1v) is 13.0. The average molecular weight is 529 g/mol. The van der Waals surface area contributed by atoms with Crippen LogP contribution in [0, 0.1) is 11.8 Å². The minimum Gasteiger partial charge on any atom is -0.481 e. The highest BCUT2D eigenvalue weighted by Gasteiger charge is 2.24. The molecule has 1 atom stereocenters. The second-order valence-corrected chi connectivity index (χ2v) is 9.37. The van der Waals surface area contributed by atoms with Crippen LogP contribution in [0.5, 0.6) is 0 Å². The molecule has 12 heteroatoms. The van der Waals surface area contributed by atoms with Gasteiger partial charge in [-0.2, -0.15) is 0 Å². The summed E-state index contributed by atoms with van der Waals surface area (Å²) >= 11 is 0. The van der Waals surface area contributed by atoms with Crippen molar-refractivity contribution in [1.29, 1.82) is 0 Å². The summed E-state index contributed by atoms with van der Waals surface area (Å²) in [5.74, 6) is -4.51. The lowest BCUT2D eigenvalue weighted by Gasteiger charge is -2.15. The largest absolute Gasteiger partial charge is 0.481 e. The molecular weight excluding hydrogens is 484 g/mol. The number of rotatable bonds is 22. The van der Waals surface area contributed by atoms with E-state index in [0.717, 1.165) is 51.4 Å². The molecule has 0 radical (unpaired) electrons. The fourth-order valence-electron chi connectivity index (χ4n) is 3.44. The molecular formula is C25H44N4O8. The molecule has 4 amide bonds. The molecule has 0 aliphatic rings. The molecule has 1 unspecified atom stereocenters. The number of unbranched alkanes of at least 4 members (excludes halogenated alkanes) is 7. The minimum atomic E-state index is -1.06. The fraction of sp³-hybridized carbons (Fsp3) is 0.760. The van der Waals surface area contributed by atoms with Crippen molar-refractivity contribution in [3.05, 3.63) is 0 Å². The molecule has 12 nitrogen and oxygen atoms in total. The van der Waals surface area contributed by atoms with Crippen LogP contribution in [-0.4, -0.2) is 72.0 Å². The highest BCUT2D eigenvalue weighted by Crippen LogP contribution is 2.15. The van der Waals surface area contributed by atoms with Gasteiger partial charge in [0.25, 0.3) is 0 Å². The van der Waals surface area contributed by atoms with Gasteiger partial charge >= 0.3 is 11.9 Å². The molecule has 37 heavy (non-hydrogen) atoms. The highest BCUT2D eigenvalue weighted by molar-refractivity contribution is 5.87. The predicted molar refractivity (Wildman–Crippen MR) is 136 cm³/mol. The molecule has 6 N–H and O–H groups in total. The Labute approximate surface area is 218 Å². The van der Waals surface area contributed by atoms with Gasteiger partial charge in [-0.15, -0.1) is 0 Å². The van der Waals surface area contributed by atoms with Crippen molar-refractivity contribution in [2.45, 2.75) is 84.5 Å². The van der Waals surface area contributed by atoms with Gasteiger partial charge in [0, 0.05) is 25.9 Å². The smallest absolute Gasteiger partial charge is 0.307 e. The van der Waals surface area contributed by atoms with Crippen molar-refractivity contribution in [1.82, 2.24) is 21.3 Å². The van der Waals surface area contributed by atoms with Gasteiger partial charge in [-0.05, 0) is 18.8 Å². The lowest BCUT2D eigenvalue weighted by molar-refractivity contribution is -0.145. The first-order valence-electron chi connectivity index (χ1n) is 13.0. The Kier molecular flexibility index (Phi) is 19.2. The van der Waals surface area contributed by atoms with Gasteiger partial charge in [0.1, 0.15) is 0 Å². The lowest BCUT2D eigenvalue weighted by atomic mass is 9.92. The summed E-state index contributed by atoms with van der Waals surface area (Å²) in [5.41, 5.74) is 0. The van der Waals surface area contributed by atoms with Crippen molar-refractivity contribution < 1.29 is 39.0 Å². The zero-order chi connectivity index (χ0) is 28.1. The monoisotopic (exact) mass is 528 g/mol. The molecule has 0 saturated carbocycles. The summed E-state index contributed by atoms with van der Waals surface area (Å²) in [4.78, 5) is 68.2. The van der Waals surface area contributed by atoms with Gasteiger partial charge in [0.05, 0.1) is 25.4 Å². The van der Waals surface area contributed by atoms with Gasteiger partial charge in [-0.3, -0.25) is 28.8 Å². The van der Waals surface area contributed by atoms with Crippen molar-refractivity contribution in [3.8, 4) is 0 Å². The molecule has 212 valence electrons. The van der Waals surface area contributed by atoms with Crippen LogP contribution < -0.4 is 21.3 Å². The summed E-state index contributed by atoms with van der Waals surface area (Å²) in [5, 5.41) is 27.9. The summed E-state index contributed by atoms with van der Waals surface area (Å²) in [6.45, 7) is 4.22. The van der Waals surface area contributed by atoms with E-state index in [2.05, 4.69) is 21.3 Å². The van der Waals surface area contributed by atoms with E-state index in [0.29, 0.717) is 13.1 Å². The van der Waals surface area contributed by atoms with Crippen LogP contribution in [0.4, 0.5) is 0 Å². The molecule has 0 aromatic rings. The van der Waals surface area contributed by atoms with Gasteiger partial charge in [-0.1, -0.05) is 52.4 Å². The third-order valence-corrected chi connectivity index (χ3v) is 5.73. The number of aliphatic carboxylic acids is 2. The van der Waals surface area contributed by atoms with E-state index in [-0.39, 0.29) is 50.1 Å². The zero-order valence-electron chi connectivity index (χ0n) is 22.1. The Morgan fingerprint density at radius 3 is 1.41 bits per heavy atom. The topological polar surface area (TPSA) is 191 Å². The number of carbonyl (C=O) groups excluding carboxylic acids is 4. The van der Waals surface area contributed by atoms with Crippen LogP contribution in [0.15, 0.2) is 0 Å². The van der Waals surface area contributed by atoms with Gasteiger partial charge < -0.3 is 31.5 Å². The number of carboxylic acid groups (broad SMARTS) is 2. The molecule has 0 bridgehead atoms. The second kappa shape index (κ2) is 21.0. The van der Waals surface area contributed by atoms with E-state index < -0.39 is 29.7 Å². The molecule has 0 saturated heterocycles. The number of hydrogen-bond donors (Lipinski definition) is 6. The van der Waals surface area contributed by atoms with Gasteiger partial charge in [0.15, 0.2) is 0 Å². The highest BCUT2D eigenvalue weighted by atomic mass is 16.4. The van der Waals surface area contributed by atoms with Crippen LogP contribution in [-0.2, 0) is 28.8 Å². The Morgan fingerprint density at radius 1 is 0.568 bits per heavy atom. The van der Waals surface area contributed by atoms with Crippen molar-refractivity contribution in [2.75, 3.05) is 26.2 Å². The standard InChI is InChI=1S/C25H44N4O8/c1-18(2)19(25(36)37)15-21(31)29-17-23(33)27-14-10-8-6-4-3-5-7-9-13-26-22(32)16-28-20(30)11-12-24(34)35/h18-19H,3-17H2,1-2H3,(H,26,32)(H,27,33)(H,28,30)(H,29,31)(H,34,35)(H,36,37). The minimum absolute atomic E-state index is 0.145. The molecule has 0 aliphatic carbocycles. The molecule has 0 aromatic heterocycles. The first kappa shape index (κ1) is 33.8. The van der Waals surface area contributed by atoms with Crippen molar-refractivity contribution >= 4 is 35.6 Å². The average Bonchev–Trinajstić information content (AvgIpc) is 2.83. The number of carboxylic acids is 2. The maximum absolute atomic E-state index is 11.8. The fourth-order valence-corrected chi connectivity index (χ4v) is 3.44. The van der Waals surface area contributed by atoms with Gasteiger partial charge in [-0.25, -0.2) is 0 Å². The van der Waals surface area contributed by atoms with E-state index in [1.54, 1.807) is 13.8 Å². The van der Waals surface area contributed by atoms with Crippen molar-refractivity contribution in [3.63, 3.8) is 0 Å². The molecule has 0 spiro atoms. The second-order valence-electron chi connectivity index (χ2n) is 9.37. The molecule has 0 aromatic carbocycles. The maximum Gasteiger partial charge on any atom is 0.307 e. The Hall–Kier alpha value is -3.18. The third-order valence-electron chi connectivity index (χ3n) is 5.73.